The molecular weight excluding hydrogens is 204 g/mol. The number of rotatable bonds is 6. The molecular formula is C12H20N2O2. The molecule has 0 aromatic carbocycles. The zero-order chi connectivity index (χ0) is 12.0. The predicted octanol–water partition coefficient (Wildman–Crippen LogP) is 2.63. The topological polar surface area (TPSA) is 57.4 Å². The van der Waals surface area contributed by atoms with Crippen LogP contribution in [-0.4, -0.2) is 17.7 Å². The number of nitrogens with zero attached hydrogens (tertiary/aromatic N) is 1. The lowest BCUT2D eigenvalue weighted by Crippen LogP contribution is -2.12. The van der Waals surface area contributed by atoms with Crippen LogP contribution in [0, 0.1) is 0 Å². The van der Waals surface area contributed by atoms with E-state index in [1.165, 1.54) is 0 Å². The Hall–Kier alpha value is -1.45. The Kier molecular flexibility index (Phi) is 4.89. The van der Waals surface area contributed by atoms with Gasteiger partial charge in [0.25, 0.3) is 0 Å². The van der Waals surface area contributed by atoms with Crippen LogP contribution < -0.4 is 15.2 Å². The van der Waals surface area contributed by atoms with Crippen molar-refractivity contribution >= 4 is 5.69 Å². The molecule has 0 spiro atoms. The minimum Gasteiger partial charge on any atom is -0.476 e. The lowest BCUT2D eigenvalue weighted by atomic mass is 10.2. The third kappa shape index (κ3) is 3.61. The molecule has 0 amide bonds. The molecule has 0 fully saturated rings. The van der Waals surface area contributed by atoms with E-state index in [0.29, 0.717) is 24.1 Å². The minimum absolute atomic E-state index is 0.163. The van der Waals surface area contributed by atoms with E-state index in [0.717, 1.165) is 12.8 Å². The summed E-state index contributed by atoms with van der Waals surface area (Å²) in [6.07, 6.45) is 2.26. The number of aromatic nitrogens is 1. The summed E-state index contributed by atoms with van der Waals surface area (Å²) in [5.74, 6) is 1.02. The van der Waals surface area contributed by atoms with Crippen LogP contribution in [0.25, 0.3) is 0 Å². The quantitative estimate of drug-likeness (QED) is 0.807. The second kappa shape index (κ2) is 6.20. The molecule has 1 rings (SSSR count). The highest BCUT2D eigenvalue weighted by atomic mass is 16.5. The number of nitrogens with two attached hydrogens (primary N) is 1. The van der Waals surface area contributed by atoms with Crippen molar-refractivity contribution in [3.63, 3.8) is 0 Å². The summed E-state index contributed by atoms with van der Waals surface area (Å²) in [6.45, 7) is 6.60. The zero-order valence-corrected chi connectivity index (χ0v) is 10.2. The van der Waals surface area contributed by atoms with E-state index in [9.17, 15) is 0 Å². The lowest BCUT2D eigenvalue weighted by molar-refractivity contribution is 0.198. The molecule has 0 aliphatic carbocycles. The number of anilines is 1. The average molecular weight is 224 g/mol. The summed E-state index contributed by atoms with van der Waals surface area (Å²) in [6, 6.07) is 3.52. The van der Waals surface area contributed by atoms with Gasteiger partial charge in [0.2, 0.25) is 11.8 Å². The molecule has 0 saturated carbocycles. The van der Waals surface area contributed by atoms with Crippen LogP contribution in [0.2, 0.25) is 0 Å². The Morgan fingerprint density at radius 3 is 2.75 bits per heavy atom. The van der Waals surface area contributed by atoms with Gasteiger partial charge in [-0.05, 0) is 26.3 Å². The van der Waals surface area contributed by atoms with Crippen LogP contribution in [0.15, 0.2) is 12.1 Å². The minimum atomic E-state index is 0.163. The fourth-order valence-electron chi connectivity index (χ4n) is 1.42. The highest BCUT2D eigenvalue weighted by Crippen LogP contribution is 2.23. The van der Waals surface area contributed by atoms with Crippen molar-refractivity contribution in [2.24, 2.45) is 0 Å². The first kappa shape index (κ1) is 12.6. The third-order valence-corrected chi connectivity index (χ3v) is 2.16. The van der Waals surface area contributed by atoms with Crippen molar-refractivity contribution in [2.45, 2.75) is 39.7 Å². The van der Waals surface area contributed by atoms with Gasteiger partial charge in [0, 0.05) is 6.07 Å². The molecule has 16 heavy (non-hydrogen) atoms. The largest absolute Gasteiger partial charge is 0.476 e. The second-order valence-corrected chi connectivity index (χ2v) is 3.69. The van der Waals surface area contributed by atoms with Crippen LogP contribution in [0.1, 0.15) is 33.6 Å². The molecule has 4 nitrogen and oxygen atoms in total. The van der Waals surface area contributed by atoms with E-state index >= 15 is 0 Å². The van der Waals surface area contributed by atoms with Crippen molar-refractivity contribution in [1.82, 2.24) is 4.98 Å². The fourth-order valence-corrected chi connectivity index (χ4v) is 1.42. The molecule has 0 bridgehead atoms. The Balaban J connectivity index is 2.70. The van der Waals surface area contributed by atoms with E-state index in [2.05, 4.69) is 11.9 Å². The first-order valence-corrected chi connectivity index (χ1v) is 5.73. The van der Waals surface area contributed by atoms with Gasteiger partial charge < -0.3 is 15.2 Å². The molecule has 0 aliphatic rings. The summed E-state index contributed by atoms with van der Waals surface area (Å²) < 4.78 is 11.0. The normalized spacial score (nSPS) is 12.2. The van der Waals surface area contributed by atoms with Gasteiger partial charge in [-0.2, -0.15) is 4.98 Å². The molecule has 90 valence electrons. The van der Waals surface area contributed by atoms with Crippen molar-refractivity contribution in [2.75, 3.05) is 12.3 Å². The van der Waals surface area contributed by atoms with E-state index in [4.69, 9.17) is 15.2 Å². The molecule has 1 unspecified atom stereocenters. The molecule has 4 heteroatoms. The summed E-state index contributed by atoms with van der Waals surface area (Å²) in [5, 5.41) is 0. The first-order valence-electron chi connectivity index (χ1n) is 5.73. The number of nitrogen functional groups attached to an aromatic ring is 1. The van der Waals surface area contributed by atoms with Crippen molar-refractivity contribution in [1.29, 1.82) is 0 Å². The van der Waals surface area contributed by atoms with Gasteiger partial charge >= 0.3 is 0 Å². The Morgan fingerprint density at radius 1 is 1.38 bits per heavy atom. The van der Waals surface area contributed by atoms with E-state index in [-0.39, 0.29) is 6.10 Å². The summed E-state index contributed by atoms with van der Waals surface area (Å²) in [4.78, 5) is 4.21. The molecule has 2 N–H and O–H groups in total. The summed E-state index contributed by atoms with van der Waals surface area (Å²) in [7, 11) is 0. The monoisotopic (exact) mass is 224 g/mol. The van der Waals surface area contributed by atoms with Crippen molar-refractivity contribution in [3.8, 4) is 11.8 Å². The van der Waals surface area contributed by atoms with Crippen LogP contribution >= 0.6 is 0 Å². The van der Waals surface area contributed by atoms with Gasteiger partial charge in [0.15, 0.2) is 0 Å². The lowest BCUT2D eigenvalue weighted by Gasteiger charge is -2.14. The molecule has 1 heterocycles. The highest BCUT2D eigenvalue weighted by molar-refractivity contribution is 5.49. The maximum Gasteiger partial charge on any atom is 0.240 e. The smallest absolute Gasteiger partial charge is 0.240 e. The Bertz CT molecular complexity index is 329. The number of pyridine rings is 1. The second-order valence-electron chi connectivity index (χ2n) is 3.69. The fraction of sp³-hybridized carbons (Fsp3) is 0.583. The zero-order valence-electron chi connectivity index (χ0n) is 10.2. The molecule has 0 radical (unpaired) electrons. The maximum atomic E-state index is 5.72. The molecule has 1 aromatic rings. The van der Waals surface area contributed by atoms with E-state index in [1.807, 2.05) is 13.8 Å². The van der Waals surface area contributed by atoms with E-state index < -0.39 is 0 Å². The molecule has 0 saturated heterocycles. The van der Waals surface area contributed by atoms with E-state index in [1.54, 1.807) is 12.1 Å². The van der Waals surface area contributed by atoms with Crippen LogP contribution in [0.4, 0.5) is 5.69 Å². The van der Waals surface area contributed by atoms with Gasteiger partial charge in [0.1, 0.15) is 0 Å². The number of hydrogen-bond donors (Lipinski definition) is 1. The molecule has 1 atom stereocenters. The van der Waals surface area contributed by atoms with Crippen molar-refractivity contribution in [3.05, 3.63) is 12.1 Å². The third-order valence-electron chi connectivity index (χ3n) is 2.16. The standard InChI is InChI=1S/C12H20N2O2/c1-4-6-9(3)16-11-8-7-10(13)12(14-11)15-5-2/h7-9H,4-6,13H2,1-3H3. The van der Waals surface area contributed by atoms with Gasteiger partial charge in [0.05, 0.1) is 18.4 Å². The average Bonchev–Trinajstić information content (AvgIpc) is 2.24. The number of hydrogen-bond acceptors (Lipinski definition) is 4. The molecule has 1 aromatic heterocycles. The summed E-state index contributed by atoms with van der Waals surface area (Å²) in [5.41, 5.74) is 6.26. The summed E-state index contributed by atoms with van der Waals surface area (Å²) >= 11 is 0. The van der Waals surface area contributed by atoms with Crippen LogP contribution in [0.3, 0.4) is 0 Å². The van der Waals surface area contributed by atoms with Gasteiger partial charge in [-0.3, -0.25) is 0 Å². The maximum absolute atomic E-state index is 5.72. The van der Waals surface area contributed by atoms with Gasteiger partial charge in [-0.25, -0.2) is 0 Å². The highest BCUT2D eigenvalue weighted by Gasteiger charge is 2.07. The van der Waals surface area contributed by atoms with Crippen molar-refractivity contribution < 1.29 is 9.47 Å². The predicted molar refractivity (Wildman–Crippen MR) is 64.8 cm³/mol. The SMILES string of the molecule is CCCC(C)Oc1ccc(N)c(OCC)n1. The Labute approximate surface area is 96.8 Å². The Morgan fingerprint density at radius 2 is 2.12 bits per heavy atom. The first-order chi connectivity index (χ1) is 7.67. The van der Waals surface area contributed by atoms with Crippen LogP contribution in [0.5, 0.6) is 11.8 Å². The van der Waals surface area contributed by atoms with Crippen LogP contribution in [-0.2, 0) is 0 Å². The number of ether oxygens (including phenoxy) is 2. The van der Waals surface area contributed by atoms with Gasteiger partial charge in [-0.15, -0.1) is 0 Å². The van der Waals surface area contributed by atoms with Gasteiger partial charge in [-0.1, -0.05) is 13.3 Å². The molecule has 0 aliphatic heterocycles.